The average Bonchev–Trinajstić information content (AvgIpc) is 3.39. The molecule has 0 saturated carbocycles. The summed E-state index contributed by atoms with van der Waals surface area (Å²) in [5.74, 6) is 1.24. The summed E-state index contributed by atoms with van der Waals surface area (Å²) in [5, 5.41) is 10.6. The Bertz CT molecular complexity index is 1000. The second kappa shape index (κ2) is 11.8. The van der Waals surface area contributed by atoms with Crippen LogP contribution in [0.3, 0.4) is 0 Å². The second-order valence-electron chi connectivity index (χ2n) is 8.46. The normalized spacial score (nSPS) is 15.1. The van der Waals surface area contributed by atoms with Crippen LogP contribution in [-0.4, -0.2) is 57.6 Å². The fourth-order valence-corrected chi connectivity index (χ4v) is 4.58. The number of aromatic amines is 1. The van der Waals surface area contributed by atoms with E-state index in [0.717, 1.165) is 62.6 Å². The van der Waals surface area contributed by atoms with Gasteiger partial charge in [-0.3, -0.25) is 5.10 Å². The van der Waals surface area contributed by atoms with Gasteiger partial charge in [0.15, 0.2) is 0 Å². The van der Waals surface area contributed by atoms with E-state index >= 15 is 0 Å². The van der Waals surface area contributed by atoms with Crippen LogP contribution in [0.1, 0.15) is 57.3 Å². The minimum Gasteiger partial charge on any atom is -0.464 e. The highest BCUT2D eigenvalue weighted by molar-refractivity contribution is 5.76. The molecule has 2 N–H and O–H groups in total. The average molecular weight is 466 g/mol. The largest absolute Gasteiger partial charge is 0.464 e. The summed E-state index contributed by atoms with van der Waals surface area (Å²) in [4.78, 5) is 15.5. The number of rotatable bonds is 11. The predicted octanol–water partition coefficient (Wildman–Crippen LogP) is 4.48. The number of nitrogens with zero attached hydrogens (tertiary/aromatic N) is 5. The smallest absolute Gasteiger partial charge is 0.316 e. The number of hydrogen-bond acceptors (Lipinski definition) is 8. The van der Waals surface area contributed by atoms with Gasteiger partial charge in [-0.1, -0.05) is 13.0 Å². The van der Waals surface area contributed by atoms with E-state index in [-0.39, 0.29) is 0 Å². The van der Waals surface area contributed by atoms with Crippen molar-refractivity contribution in [2.75, 3.05) is 36.6 Å². The molecule has 2 aromatic heterocycles. The summed E-state index contributed by atoms with van der Waals surface area (Å²) in [6.07, 6.45) is 8.99. The molecule has 182 valence electrons. The van der Waals surface area contributed by atoms with E-state index in [9.17, 15) is 0 Å². The SMILES string of the molecule is CCOc1ncc(Nc2cc([C@H](CC)Cc3ncn[nH]3)ccc2N(CC)C2CCOCC2)cn1. The van der Waals surface area contributed by atoms with Crippen LogP contribution in [-0.2, 0) is 11.2 Å². The van der Waals surface area contributed by atoms with E-state index < -0.39 is 0 Å². The molecule has 1 saturated heterocycles. The van der Waals surface area contributed by atoms with E-state index in [1.54, 1.807) is 18.7 Å². The quantitative estimate of drug-likeness (QED) is 0.427. The lowest BCUT2D eigenvalue weighted by Crippen LogP contribution is -2.39. The molecule has 3 heterocycles. The molecule has 9 nitrogen and oxygen atoms in total. The predicted molar refractivity (Wildman–Crippen MR) is 133 cm³/mol. The van der Waals surface area contributed by atoms with Crippen molar-refractivity contribution in [3.63, 3.8) is 0 Å². The summed E-state index contributed by atoms with van der Waals surface area (Å²) in [5.41, 5.74) is 4.32. The molecule has 1 aliphatic rings. The topological polar surface area (TPSA) is 101 Å². The van der Waals surface area contributed by atoms with Crippen LogP contribution >= 0.6 is 0 Å². The lowest BCUT2D eigenvalue weighted by molar-refractivity contribution is 0.0846. The van der Waals surface area contributed by atoms with Crippen LogP contribution in [0.15, 0.2) is 36.9 Å². The zero-order chi connectivity index (χ0) is 23.8. The minimum atomic E-state index is 0.331. The van der Waals surface area contributed by atoms with Crippen LogP contribution in [0.2, 0.25) is 0 Å². The highest BCUT2D eigenvalue weighted by Crippen LogP contribution is 2.36. The van der Waals surface area contributed by atoms with Crippen molar-refractivity contribution < 1.29 is 9.47 Å². The van der Waals surface area contributed by atoms with Gasteiger partial charge in [0.25, 0.3) is 0 Å². The van der Waals surface area contributed by atoms with Gasteiger partial charge in [-0.2, -0.15) is 5.10 Å². The fraction of sp³-hybridized carbons (Fsp3) is 0.520. The number of benzene rings is 1. The van der Waals surface area contributed by atoms with Crippen molar-refractivity contribution in [3.05, 3.63) is 48.3 Å². The Hall–Kier alpha value is -3.20. The molecule has 0 aliphatic carbocycles. The summed E-state index contributed by atoms with van der Waals surface area (Å²) >= 11 is 0. The van der Waals surface area contributed by atoms with Gasteiger partial charge in [-0.15, -0.1) is 0 Å². The number of hydrogen-bond donors (Lipinski definition) is 2. The van der Waals surface area contributed by atoms with Gasteiger partial charge in [0, 0.05) is 32.2 Å². The maximum absolute atomic E-state index is 5.62. The molecule has 0 spiro atoms. The van der Waals surface area contributed by atoms with Gasteiger partial charge < -0.3 is 19.7 Å². The highest BCUT2D eigenvalue weighted by atomic mass is 16.5. The van der Waals surface area contributed by atoms with Gasteiger partial charge in [0.1, 0.15) is 12.2 Å². The van der Waals surface area contributed by atoms with E-state index in [1.807, 2.05) is 6.92 Å². The molecule has 1 atom stereocenters. The molecule has 1 aromatic carbocycles. The van der Waals surface area contributed by atoms with E-state index in [4.69, 9.17) is 9.47 Å². The summed E-state index contributed by atoms with van der Waals surface area (Å²) in [7, 11) is 0. The van der Waals surface area contributed by atoms with E-state index in [2.05, 4.69) is 67.4 Å². The first-order chi connectivity index (χ1) is 16.7. The molecule has 4 rings (SSSR count). The Labute approximate surface area is 201 Å². The zero-order valence-electron chi connectivity index (χ0n) is 20.3. The molecule has 0 radical (unpaired) electrons. The van der Waals surface area contributed by atoms with Crippen LogP contribution in [0.5, 0.6) is 6.01 Å². The first-order valence-electron chi connectivity index (χ1n) is 12.3. The van der Waals surface area contributed by atoms with Crippen molar-refractivity contribution in [3.8, 4) is 6.01 Å². The lowest BCUT2D eigenvalue weighted by atomic mass is 9.91. The third-order valence-electron chi connectivity index (χ3n) is 6.35. The summed E-state index contributed by atoms with van der Waals surface area (Å²) in [6, 6.07) is 7.60. The maximum Gasteiger partial charge on any atom is 0.316 e. The Morgan fingerprint density at radius 1 is 1.15 bits per heavy atom. The Morgan fingerprint density at radius 3 is 2.59 bits per heavy atom. The molecule has 0 unspecified atom stereocenters. The van der Waals surface area contributed by atoms with Crippen LogP contribution < -0.4 is 15.0 Å². The molecule has 0 amide bonds. The van der Waals surface area contributed by atoms with Gasteiger partial charge in [-0.05, 0) is 56.7 Å². The number of ether oxygens (including phenoxy) is 2. The van der Waals surface area contributed by atoms with Gasteiger partial charge in [-0.25, -0.2) is 15.0 Å². The number of nitrogens with one attached hydrogen (secondary N) is 2. The highest BCUT2D eigenvalue weighted by Gasteiger charge is 2.24. The molecule has 3 aromatic rings. The molecule has 34 heavy (non-hydrogen) atoms. The Morgan fingerprint density at radius 2 is 1.94 bits per heavy atom. The monoisotopic (exact) mass is 465 g/mol. The minimum absolute atomic E-state index is 0.331. The third-order valence-corrected chi connectivity index (χ3v) is 6.35. The second-order valence-corrected chi connectivity index (χ2v) is 8.46. The van der Waals surface area contributed by atoms with Crippen LogP contribution in [0.25, 0.3) is 0 Å². The van der Waals surface area contributed by atoms with Crippen LogP contribution in [0.4, 0.5) is 17.1 Å². The van der Waals surface area contributed by atoms with Crippen molar-refractivity contribution >= 4 is 17.1 Å². The molecular formula is C25H35N7O2. The Balaban J connectivity index is 1.66. The standard InChI is InChI=1S/C25H35N7O2/c1-4-18(14-24-28-17-29-31-24)19-7-8-23(32(5-2)21-9-11-33-12-10-21)22(13-19)30-20-15-26-25(27-16-20)34-6-3/h7-8,13,15-18,21,30H,4-6,9-12,14H2,1-3H3,(H,28,29,31)/t18-/m1/s1. The molecular weight excluding hydrogens is 430 g/mol. The van der Waals surface area contributed by atoms with Crippen molar-refractivity contribution in [1.29, 1.82) is 0 Å². The van der Waals surface area contributed by atoms with E-state index in [1.165, 1.54) is 11.3 Å². The third kappa shape index (κ3) is 5.83. The number of anilines is 3. The first-order valence-corrected chi connectivity index (χ1v) is 12.3. The lowest BCUT2D eigenvalue weighted by Gasteiger charge is -2.37. The first kappa shape index (κ1) is 23.9. The summed E-state index contributed by atoms with van der Waals surface area (Å²) in [6.45, 7) is 9.43. The van der Waals surface area contributed by atoms with Crippen molar-refractivity contribution in [1.82, 2.24) is 25.1 Å². The fourth-order valence-electron chi connectivity index (χ4n) is 4.58. The molecule has 0 bridgehead atoms. The molecule has 1 aliphatic heterocycles. The van der Waals surface area contributed by atoms with Gasteiger partial charge >= 0.3 is 6.01 Å². The number of H-pyrrole nitrogens is 1. The maximum atomic E-state index is 5.62. The molecule has 9 heteroatoms. The summed E-state index contributed by atoms with van der Waals surface area (Å²) < 4.78 is 11.0. The van der Waals surface area contributed by atoms with Gasteiger partial charge in [0.2, 0.25) is 0 Å². The van der Waals surface area contributed by atoms with Crippen LogP contribution in [0, 0.1) is 0 Å². The van der Waals surface area contributed by atoms with Crippen molar-refractivity contribution in [2.24, 2.45) is 0 Å². The number of aromatic nitrogens is 5. The zero-order valence-corrected chi connectivity index (χ0v) is 20.3. The van der Waals surface area contributed by atoms with E-state index in [0.29, 0.717) is 24.6 Å². The van der Waals surface area contributed by atoms with Gasteiger partial charge in [0.05, 0.1) is 36.1 Å². The molecule has 1 fully saturated rings. The van der Waals surface area contributed by atoms with Crippen molar-refractivity contribution in [2.45, 2.75) is 58.4 Å². The Kier molecular flexibility index (Phi) is 8.30.